The molecule has 1 N–H and O–H groups in total. The number of nitrogens with zero attached hydrogens (tertiary/aromatic N) is 2. The molecule has 1 aromatic heterocycles. The third-order valence-corrected chi connectivity index (χ3v) is 6.53. The van der Waals surface area contributed by atoms with Crippen molar-refractivity contribution in [3.63, 3.8) is 0 Å². The van der Waals surface area contributed by atoms with Crippen LogP contribution in [0.1, 0.15) is 70.9 Å². The van der Waals surface area contributed by atoms with Gasteiger partial charge in [0.1, 0.15) is 18.0 Å². The first-order valence-corrected chi connectivity index (χ1v) is 13.4. The molecule has 1 saturated heterocycles. The maximum atomic E-state index is 12.1. The quantitative estimate of drug-likeness (QED) is 0.365. The number of benzene rings is 2. The van der Waals surface area contributed by atoms with Gasteiger partial charge in [0.15, 0.2) is 0 Å². The second-order valence-corrected chi connectivity index (χ2v) is 12.0. The lowest BCUT2D eigenvalue weighted by atomic mass is 9.86. The Morgan fingerprint density at radius 3 is 2.42 bits per heavy atom. The first kappa shape index (κ1) is 27.9. The van der Waals surface area contributed by atoms with Crippen LogP contribution in [0.4, 0.5) is 0 Å². The number of carbonyl (C=O) groups is 1. The van der Waals surface area contributed by atoms with Gasteiger partial charge >= 0.3 is 5.97 Å². The molecule has 0 bridgehead atoms. The molecule has 2 heterocycles. The molecule has 2 aromatic carbocycles. The summed E-state index contributed by atoms with van der Waals surface area (Å²) in [7, 11) is 0. The highest BCUT2D eigenvalue weighted by molar-refractivity contribution is 5.70. The van der Waals surface area contributed by atoms with E-state index in [0.717, 1.165) is 41.4 Å². The molecular weight excluding hydrogens is 478 g/mol. The fourth-order valence-corrected chi connectivity index (χ4v) is 4.41. The topological polar surface area (TPSA) is 76.7 Å². The van der Waals surface area contributed by atoms with E-state index in [1.165, 1.54) is 5.56 Å². The average molecular weight is 520 g/mol. The molecule has 1 atom stereocenters. The predicted octanol–water partition coefficient (Wildman–Crippen LogP) is 6.06. The smallest absolute Gasteiger partial charge is 0.307 e. The van der Waals surface area contributed by atoms with Crippen LogP contribution in [0.25, 0.3) is 11.3 Å². The Bertz CT molecular complexity index is 1190. The van der Waals surface area contributed by atoms with Gasteiger partial charge in [-0.2, -0.15) is 5.10 Å². The highest BCUT2D eigenvalue weighted by Gasteiger charge is 2.24. The Labute approximate surface area is 226 Å². The summed E-state index contributed by atoms with van der Waals surface area (Å²) in [5, 5.41) is 7.55. The summed E-state index contributed by atoms with van der Waals surface area (Å²) >= 11 is 0. The van der Waals surface area contributed by atoms with Crippen LogP contribution < -0.4 is 4.74 Å². The van der Waals surface area contributed by atoms with E-state index in [0.29, 0.717) is 26.2 Å². The second kappa shape index (κ2) is 11.7. The van der Waals surface area contributed by atoms with Gasteiger partial charge in [-0.25, -0.2) is 0 Å². The van der Waals surface area contributed by atoms with E-state index in [9.17, 15) is 4.79 Å². The van der Waals surface area contributed by atoms with Crippen molar-refractivity contribution in [2.75, 3.05) is 26.2 Å². The van der Waals surface area contributed by atoms with E-state index in [2.05, 4.69) is 60.1 Å². The molecule has 1 aliphatic heterocycles. The van der Waals surface area contributed by atoms with Gasteiger partial charge < -0.3 is 14.2 Å². The van der Waals surface area contributed by atoms with Crippen molar-refractivity contribution in [3.05, 3.63) is 71.4 Å². The Kier molecular flexibility index (Phi) is 8.58. The summed E-state index contributed by atoms with van der Waals surface area (Å²) in [6, 6.07) is 18.6. The molecule has 1 aliphatic rings. The predicted molar refractivity (Wildman–Crippen MR) is 149 cm³/mol. The van der Waals surface area contributed by atoms with E-state index in [4.69, 9.17) is 14.2 Å². The SMILES string of the molecule is CC(C)(C)OC(=O)CCN1CCOC(c2ccc(OCc3cc(-c4ccc(C(C)(C)C)cc4)n[nH]3)cc2)C1. The van der Waals surface area contributed by atoms with Crippen LogP contribution >= 0.6 is 0 Å². The van der Waals surface area contributed by atoms with E-state index < -0.39 is 5.60 Å². The minimum Gasteiger partial charge on any atom is -0.487 e. The van der Waals surface area contributed by atoms with E-state index >= 15 is 0 Å². The fourth-order valence-electron chi connectivity index (χ4n) is 4.41. The zero-order chi connectivity index (χ0) is 27.3. The third kappa shape index (κ3) is 7.92. The van der Waals surface area contributed by atoms with Gasteiger partial charge in [0.05, 0.1) is 30.5 Å². The summed E-state index contributed by atoms with van der Waals surface area (Å²) in [4.78, 5) is 14.3. The molecule has 0 aliphatic carbocycles. The van der Waals surface area contributed by atoms with Crippen molar-refractivity contribution >= 4 is 5.97 Å². The van der Waals surface area contributed by atoms with Crippen molar-refractivity contribution in [2.24, 2.45) is 0 Å². The van der Waals surface area contributed by atoms with E-state index in [1.54, 1.807) is 0 Å². The lowest BCUT2D eigenvalue weighted by molar-refractivity contribution is -0.155. The van der Waals surface area contributed by atoms with E-state index in [-0.39, 0.29) is 17.5 Å². The number of hydrogen-bond donors (Lipinski definition) is 1. The van der Waals surface area contributed by atoms with Crippen molar-refractivity contribution in [3.8, 4) is 17.0 Å². The third-order valence-electron chi connectivity index (χ3n) is 6.53. The van der Waals surface area contributed by atoms with Crippen LogP contribution in [0.2, 0.25) is 0 Å². The molecule has 3 aromatic rings. The summed E-state index contributed by atoms with van der Waals surface area (Å²) in [5.74, 6) is 0.627. The molecule has 1 unspecified atom stereocenters. The molecule has 0 radical (unpaired) electrons. The highest BCUT2D eigenvalue weighted by atomic mass is 16.6. The summed E-state index contributed by atoms with van der Waals surface area (Å²) in [6.07, 6.45) is 0.352. The Hall–Kier alpha value is -3.16. The number of esters is 1. The number of hydrogen-bond acceptors (Lipinski definition) is 6. The molecular formula is C31H41N3O4. The second-order valence-electron chi connectivity index (χ2n) is 12.0. The number of nitrogens with one attached hydrogen (secondary N) is 1. The van der Waals surface area contributed by atoms with Gasteiger partial charge in [-0.05, 0) is 55.5 Å². The Morgan fingerprint density at radius 1 is 1.05 bits per heavy atom. The van der Waals surface area contributed by atoms with Gasteiger partial charge in [0.25, 0.3) is 0 Å². The fraction of sp³-hybridized carbons (Fsp3) is 0.484. The molecule has 38 heavy (non-hydrogen) atoms. The van der Waals surface area contributed by atoms with Crippen LogP contribution in [-0.2, 0) is 26.3 Å². The first-order chi connectivity index (χ1) is 18.0. The van der Waals surface area contributed by atoms with Crippen molar-refractivity contribution in [1.82, 2.24) is 15.1 Å². The summed E-state index contributed by atoms with van der Waals surface area (Å²) in [5.41, 5.74) is 4.98. The monoisotopic (exact) mass is 519 g/mol. The zero-order valence-electron chi connectivity index (χ0n) is 23.5. The normalized spacial score (nSPS) is 16.8. The molecule has 4 rings (SSSR count). The molecule has 7 heteroatoms. The maximum absolute atomic E-state index is 12.1. The highest BCUT2D eigenvalue weighted by Crippen LogP contribution is 2.27. The van der Waals surface area contributed by atoms with Gasteiger partial charge in [0.2, 0.25) is 0 Å². The standard InChI is InChI=1S/C31H41N3O4/c1-30(2,3)24-11-7-22(8-12-24)27-19-25(32-33-27)21-37-26-13-9-23(10-14-26)28-20-34(17-18-36-28)16-15-29(35)38-31(4,5)6/h7-14,19,28H,15-18,20-21H2,1-6H3,(H,32,33). The van der Waals surface area contributed by atoms with Crippen molar-refractivity contribution < 1.29 is 19.0 Å². The van der Waals surface area contributed by atoms with Crippen LogP contribution in [-0.4, -0.2) is 52.9 Å². The minimum absolute atomic E-state index is 0.0312. The number of carbonyl (C=O) groups excluding carboxylic acids is 1. The average Bonchev–Trinajstić information content (AvgIpc) is 3.34. The number of H-pyrrole nitrogens is 1. The van der Waals surface area contributed by atoms with Gasteiger partial charge in [-0.15, -0.1) is 0 Å². The number of morpholine rings is 1. The molecule has 204 valence electrons. The number of aromatic amines is 1. The molecule has 1 fully saturated rings. The lowest BCUT2D eigenvalue weighted by Gasteiger charge is -2.33. The van der Waals surface area contributed by atoms with E-state index in [1.807, 2.05) is 51.1 Å². The van der Waals surface area contributed by atoms with Crippen LogP contribution in [0.3, 0.4) is 0 Å². The largest absolute Gasteiger partial charge is 0.487 e. The van der Waals surface area contributed by atoms with Crippen molar-refractivity contribution in [2.45, 2.75) is 71.7 Å². The van der Waals surface area contributed by atoms with Crippen LogP contribution in [0.5, 0.6) is 5.75 Å². The Morgan fingerprint density at radius 2 is 1.76 bits per heavy atom. The summed E-state index contributed by atoms with van der Waals surface area (Å²) < 4.78 is 17.4. The molecule has 0 saturated carbocycles. The van der Waals surface area contributed by atoms with Gasteiger partial charge in [-0.3, -0.25) is 14.8 Å². The maximum Gasteiger partial charge on any atom is 0.307 e. The van der Waals surface area contributed by atoms with Crippen LogP contribution in [0.15, 0.2) is 54.6 Å². The Balaban J connectivity index is 1.27. The van der Waals surface area contributed by atoms with Crippen LogP contribution in [0, 0.1) is 0 Å². The molecule has 0 amide bonds. The van der Waals surface area contributed by atoms with Crippen molar-refractivity contribution in [1.29, 1.82) is 0 Å². The molecule has 7 nitrogen and oxygen atoms in total. The lowest BCUT2D eigenvalue weighted by Crippen LogP contribution is -2.39. The van der Waals surface area contributed by atoms with Gasteiger partial charge in [0, 0.05) is 25.2 Å². The first-order valence-electron chi connectivity index (χ1n) is 13.4. The van der Waals surface area contributed by atoms with Gasteiger partial charge in [-0.1, -0.05) is 57.2 Å². The molecule has 0 spiro atoms. The minimum atomic E-state index is -0.452. The number of aromatic nitrogens is 2. The number of ether oxygens (including phenoxy) is 3. The number of rotatable bonds is 8. The zero-order valence-corrected chi connectivity index (χ0v) is 23.5. The summed E-state index contributed by atoms with van der Waals surface area (Å²) in [6.45, 7) is 15.6.